The van der Waals surface area contributed by atoms with Crippen LogP contribution in [0.1, 0.15) is 46.6 Å². The largest absolute Gasteiger partial charge is 0.477 e. The first-order valence-electron chi connectivity index (χ1n) is 7.10. The molecule has 0 aliphatic heterocycles. The lowest BCUT2D eigenvalue weighted by Crippen LogP contribution is -2.35. The molecule has 0 saturated heterocycles. The molecule has 1 aromatic rings. The highest BCUT2D eigenvalue weighted by Crippen LogP contribution is 2.18. The third-order valence-electron chi connectivity index (χ3n) is 3.15. The smallest absolute Gasteiger partial charge is 0.217 e. The molecule has 0 atom stereocenters. The van der Waals surface area contributed by atoms with Crippen LogP contribution in [0.5, 0.6) is 5.88 Å². The van der Waals surface area contributed by atoms with Gasteiger partial charge in [0.25, 0.3) is 0 Å². The monoisotopic (exact) mass is 280 g/mol. The summed E-state index contributed by atoms with van der Waals surface area (Å²) in [5.41, 5.74) is 0.988. The molecule has 1 heterocycles. The first-order chi connectivity index (χ1) is 9.23. The normalized spacial score (nSPS) is 12.5. The number of methoxy groups -OCH3 is 1. The standard InChI is InChI=1S/C16H28N2O2/c1-15(2,3)18-12-13-8-7-10-17-14(13)20-11-9-16(4,5)19-6/h7-8,10,18H,9,11-12H2,1-6H3. The average Bonchev–Trinajstić information content (AvgIpc) is 2.36. The second-order valence-electron chi connectivity index (χ2n) is 6.63. The van der Waals surface area contributed by atoms with E-state index in [1.54, 1.807) is 13.3 Å². The van der Waals surface area contributed by atoms with E-state index in [9.17, 15) is 0 Å². The second kappa shape index (κ2) is 7.04. The molecule has 4 nitrogen and oxygen atoms in total. The van der Waals surface area contributed by atoms with Crippen molar-refractivity contribution in [1.82, 2.24) is 10.3 Å². The fourth-order valence-electron chi connectivity index (χ4n) is 1.54. The van der Waals surface area contributed by atoms with Crippen LogP contribution in [0.25, 0.3) is 0 Å². The zero-order chi connectivity index (χ0) is 15.2. The molecule has 114 valence electrons. The van der Waals surface area contributed by atoms with Gasteiger partial charge in [-0.2, -0.15) is 0 Å². The van der Waals surface area contributed by atoms with E-state index >= 15 is 0 Å². The third kappa shape index (κ3) is 6.35. The Morgan fingerprint density at radius 1 is 1.20 bits per heavy atom. The van der Waals surface area contributed by atoms with Crippen LogP contribution in [-0.4, -0.2) is 29.8 Å². The molecule has 0 fully saturated rings. The summed E-state index contributed by atoms with van der Waals surface area (Å²) < 4.78 is 11.2. The lowest BCUT2D eigenvalue weighted by atomic mass is 10.1. The summed E-state index contributed by atoms with van der Waals surface area (Å²) in [6.07, 6.45) is 2.59. The molecule has 0 saturated carbocycles. The Labute approximate surface area is 122 Å². The van der Waals surface area contributed by atoms with Gasteiger partial charge in [-0.3, -0.25) is 0 Å². The van der Waals surface area contributed by atoms with E-state index in [1.807, 2.05) is 12.1 Å². The van der Waals surface area contributed by atoms with Gasteiger partial charge in [-0.25, -0.2) is 4.98 Å². The van der Waals surface area contributed by atoms with Crippen molar-refractivity contribution in [3.05, 3.63) is 23.9 Å². The Kier molecular flexibility index (Phi) is 5.96. The van der Waals surface area contributed by atoms with E-state index in [4.69, 9.17) is 9.47 Å². The number of pyridine rings is 1. The number of rotatable bonds is 7. The van der Waals surface area contributed by atoms with Crippen LogP contribution in [0.2, 0.25) is 0 Å². The van der Waals surface area contributed by atoms with Crippen molar-refractivity contribution in [2.45, 2.75) is 58.7 Å². The molecule has 0 aromatic carbocycles. The molecule has 0 aliphatic carbocycles. The quantitative estimate of drug-likeness (QED) is 0.833. The SMILES string of the molecule is COC(C)(C)CCOc1ncccc1CNC(C)(C)C. The van der Waals surface area contributed by atoms with Crippen molar-refractivity contribution in [2.75, 3.05) is 13.7 Å². The number of ether oxygens (including phenoxy) is 2. The zero-order valence-corrected chi connectivity index (χ0v) is 13.6. The summed E-state index contributed by atoms with van der Waals surface area (Å²) in [5.74, 6) is 0.705. The summed E-state index contributed by atoms with van der Waals surface area (Å²) in [6, 6.07) is 3.98. The highest BCUT2D eigenvalue weighted by atomic mass is 16.5. The lowest BCUT2D eigenvalue weighted by molar-refractivity contribution is 0.00498. The zero-order valence-electron chi connectivity index (χ0n) is 13.6. The van der Waals surface area contributed by atoms with Crippen molar-refractivity contribution >= 4 is 0 Å². The lowest BCUT2D eigenvalue weighted by Gasteiger charge is -2.23. The number of hydrogen-bond acceptors (Lipinski definition) is 4. The summed E-state index contributed by atoms with van der Waals surface area (Å²) in [4.78, 5) is 4.32. The van der Waals surface area contributed by atoms with Gasteiger partial charge in [-0.15, -0.1) is 0 Å². The van der Waals surface area contributed by atoms with Gasteiger partial charge in [0.05, 0.1) is 12.2 Å². The summed E-state index contributed by atoms with van der Waals surface area (Å²) >= 11 is 0. The first kappa shape index (κ1) is 16.9. The predicted octanol–water partition coefficient (Wildman–Crippen LogP) is 3.16. The van der Waals surface area contributed by atoms with Gasteiger partial charge in [0.2, 0.25) is 5.88 Å². The number of nitrogens with zero attached hydrogens (tertiary/aromatic N) is 1. The van der Waals surface area contributed by atoms with E-state index in [0.717, 1.165) is 18.5 Å². The minimum absolute atomic E-state index is 0.0746. The van der Waals surface area contributed by atoms with Crippen molar-refractivity contribution < 1.29 is 9.47 Å². The van der Waals surface area contributed by atoms with Crippen LogP contribution >= 0.6 is 0 Å². The van der Waals surface area contributed by atoms with E-state index in [-0.39, 0.29) is 11.1 Å². The van der Waals surface area contributed by atoms with Crippen LogP contribution in [-0.2, 0) is 11.3 Å². The molecule has 0 aliphatic rings. The fourth-order valence-corrected chi connectivity index (χ4v) is 1.54. The van der Waals surface area contributed by atoms with Crippen LogP contribution in [0.3, 0.4) is 0 Å². The molecule has 1 rings (SSSR count). The van der Waals surface area contributed by atoms with E-state index in [0.29, 0.717) is 12.5 Å². The second-order valence-corrected chi connectivity index (χ2v) is 6.63. The van der Waals surface area contributed by atoms with Crippen molar-refractivity contribution in [3.8, 4) is 5.88 Å². The highest BCUT2D eigenvalue weighted by Gasteiger charge is 2.17. The van der Waals surface area contributed by atoms with Gasteiger partial charge in [-0.05, 0) is 40.7 Å². The molecule has 1 N–H and O–H groups in total. The van der Waals surface area contributed by atoms with Crippen LogP contribution in [0.15, 0.2) is 18.3 Å². The Morgan fingerprint density at radius 2 is 1.90 bits per heavy atom. The van der Waals surface area contributed by atoms with Gasteiger partial charge < -0.3 is 14.8 Å². The minimum Gasteiger partial charge on any atom is -0.477 e. The third-order valence-corrected chi connectivity index (χ3v) is 3.15. The van der Waals surface area contributed by atoms with Crippen molar-refractivity contribution in [1.29, 1.82) is 0 Å². The number of aromatic nitrogens is 1. The predicted molar refractivity (Wildman–Crippen MR) is 82.0 cm³/mol. The highest BCUT2D eigenvalue weighted by molar-refractivity contribution is 5.25. The van der Waals surface area contributed by atoms with Gasteiger partial charge in [0.15, 0.2) is 0 Å². The van der Waals surface area contributed by atoms with Crippen LogP contribution in [0, 0.1) is 0 Å². The Morgan fingerprint density at radius 3 is 2.50 bits per heavy atom. The topological polar surface area (TPSA) is 43.4 Å². The van der Waals surface area contributed by atoms with Gasteiger partial charge in [-0.1, -0.05) is 6.07 Å². The maximum Gasteiger partial charge on any atom is 0.217 e. The maximum atomic E-state index is 5.81. The van der Waals surface area contributed by atoms with Crippen molar-refractivity contribution in [3.63, 3.8) is 0 Å². The molecule has 20 heavy (non-hydrogen) atoms. The Hall–Kier alpha value is -1.13. The summed E-state index contributed by atoms with van der Waals surface area (Å²) in [6.45, 7) is 11.9. The maximum absolute atomic E-state index is 5.81. The number of nitrogens with one attached hydrogen (secondary N) is 1. The van der Waals surface area contributed by atoms with E-state index in [1.165, 1.54) is 0 Å². The van der Waals surface area contributed by atoms with E-state index in [2.05, 4.69) is 44.9 Å². The molecule has 0 radical (unpaired) electrons. The first-order valence-corrected chi connectivity index (χ1v) is 7.10. The molecule has 0 amide bonds. The van der Waals surface area contributed by atoms with Crippen LogP contribution in [0.4, 0.5) is 0 Å². The van der Waals surface area contributed by atoms with E-state index < -0.39 is 0 Å². The minimum atomic E-state index is -0.168. The van der Waals surface area contributed by atoms with Gasteiger partial charge in [0, 0.05) is 37.4 Å². The molecule has 1 aromatic heterocycles. The molecule has 0 bridgehead atoms. The Bertz CT molecular complexity index is 411. The summed E-state index contributed by atoms with van der Waals surface area (Å²) in [5, 5.41) is 3.45. The average molecular weight is 280 g/mol. The van der Waals surface area contributed by atoms with Gasteiger partial charge in [0.1, 0.15) is 0 Å². The molecule has 4 heteroatoms. The Balaban J connectivity index is 2.57. The number of hydrogen-bond donors (Lipinski definition) is 1. The molecule has 0 unspecified atom stereocenters. The van der Waals surface area contributed by atoms with Crippen molar-refractivity contribution in [2.24, 2.45) is 0 Å². The molecular weight excluding hydrogens is 252 g/mol. The molecular formula is C16H28N2O2. The fraction of sp³-hybridized carbons (Fsp3) is 0.688. The molecule has 0 spiro atoms. The van der Waals surface area contributed by atoms with Gasteiger partial charge >= 0.3 is 0 Å². The van der Waals surface area contributed by atoms with Crippen LogP contribution < -0.4 is 10.1 Å². The summed E-state index contributed by atoms with van der Waals surface area (Å²) in [7, 11) is 1.72.